The van der Waals surface area contributed by atoms with Crippen LogP contribution in [0, 0.1) is 0 Å². The van der Waals surface area contributed by atoms with Crippen LogP contribution < -0.4 is 5.32 Å². The molecule has 0 saturated carbocycles. The first-order valence-electron chi connectivity index (χ1n) is 7.29. The van der Waals surface area contributed by atoms with Gasteiger partial charge in [-0.1, -0.05) is 25.4 Å². The average molecular weight is 274 g/mol. The van der Waals surface area contributed by atoms with Gasteiger partial charge in [0.05, 0.1) is 0 Å². The quantitative estimate of drug-likeness (QED) is 0.802. The van der Waals surface area contributed by atoms with E-state index in [1.165, 1.54) is 0 Å². The van der Waals surface area contributed by atoms with Gasteiger partial charge in [0, 0.05) is 30.4 Å². The molecule has 20 heavy (non-hydrogen) atoms. The van der Waals surface area contributed by atoms with Crippen LogP contribution in [0.3, 0.4) is 0 Å². The highest BCUT2D eigenvalue weighted by Crippen LogP contribution is 2.15. The molecule has 0 aromatic carbocycles. The monoisotopic (exact) mass is 274 g/mol. The molecule has 0 fully saturated rings. The summed E-state index contributed by atoms with van der Waals surface area (Å²) in [4.78, 5) is 8.52. The average Bonchev–Trinajstić information content (AvgIpc) is 2.94. The maximum absolute atomic E-state index is 5.35. The van der Waals surface area contributed by atoms with Crippen molar-refractivity contribution in [2.45, 2.75) is 45.6 Å². The Balaban J connectivity index is 2.00. The summed E-state index contributed by atoms with van der Waals surface area (Å²) in [5, 5.41) is 7.55. The van der Waals surface area contributed by atoms with Crippen LogP contribution in [0.15, 0.2) is 29.0 Å². The lowest BCUT2D eigenvalue weighted by Crippen LogP contribution is -2.31. The fourth-order valence-corrected chi connectivity index (χ4v) is 2.13. The van der Waals surface area contributed by atoms with Gasteiger partial charge in [-0.25, -0.2) is 0 Å². The van der Waals surface area contributed by atoms with Gasteiger partial charge in [0.25, 0.3) is 0 Å². The molecule has 0 spiro atoms. The van der Waals surface area contributed by atoms with Crippen LogP contribution in [0.25, 0.3) is 11.4 Å². The minimum atomic E-state index is 0.405. The van der Waals surface area contributed by atoms with Crippen molar-refractivity contribution in [3.05, 3.63) is 30.4 Å². The molecule has 2 heterocycles. The first-order chi connectivity index (χ1) is 9.83. The van der Waals surface area contributed by atoms with Gasteiger partial charge >= 0.3 is 0 Å². The summed E-state index contributed by atoms with van der Waals surface area (Å²) in [5.41, 5.74) is 0.885. The molecule has 2 aromatic heterocycles. The number of aromatic nitrogens is 3. The lowest BCUT2D eigenvalue weighted by atomic mass is 10.1. The van der Waals surface area contributed by atoms with E-state index in [0.29, 0.717) is 17.8 Å². The molecule has 0 aliphatic carbocycles. The Morgan fingerprint density at radius 3 is 2.90 bits per heavy atom. The number of hydrogen-bond donors (Lipinski definition) is 1. The van der Waals surface area contributed by atoms with Crippen molar-refractivity contribution in [1.29, 1.82) is 0 Å². The van der Waals surface area contributed by atoms with Crippen LogP contribution in [0.2, 0.25) is 0 Å². The van der Waals surface area contributed by atoms with Gasteiger partial charge in [-0.3, -0.25) is 4.98 Å². The molecule has 0 bridgehead atoms. The molecule has 0 saturated heterocycles. The third-order valence-corrected chi connectivity index (χ3v) is 3.13. The van der Waals surface area contributed by atoms with E-state index < -0.39 is 0 Å². The minimum absolute atomic E-state index is 0.405. The predicted octanol–water partition coefficient (Wildman–Crippen LogP) is 2.84. The SMILES string of the molecule is CCCNC(CCC)Cc1nc(-c2cccnc2)no1. The molecule has 2 aromatic rings. The van der Waals surface area contributed by atoms with Crippen molar-refractivity contribution in [2.24, 2.45) is 0 Å². The predicted molar refractivity (Wildman–Crippen MR) is 78.2 cm³/mol. The number of rotatable bonds is 8. The lowest BCUT2D eigenvalue weighted by Gasteiger charge is -2.15. The van der Waals surface area contributed by atoms with E-state index in [-0.39, 0.29) is 0 Å². The van der Waals surface area contributed by atoms with E-state index in [0.717, 1.165) is 37.8 Å². The van der Waals surface area contributed by atoms with Crippen LogP contribution >= 0.6 is 0 Å². The second-order valence-electron chi connectivity index (χ2n) is 4.90. The van der Waals surface area contributed by atoms with Crippen LogP contribution in [-0.4, -0.2) is 27.7 Å². The molecule has 0 aliphatic heterocycles. The summed E-state index contributed by atoms with van der Waals surface area (Å²) in [7, 11) is 0. The topological polar surface area (TPSA) is 63.8 Å². The van der Waals surface area contributed by atoms with Crippen molar-refractivity contribution < 1.29 is 4.52 Å². The Hall–Kier alpha value is -1.75. The molecule has 5 heteroatoms. The summed E-state index contributed by atoms with van der Waals surface area (Å²) in [6.45, 7) is 5.38. The van der Waals surface area contributed by atoms with E-state index in [2.05, 4.69) is 34.3 Å². The van der Waals surface area contributed by atoms with E-state index in [9.17, 15) is 0 Å². The van der Waals surface area contributed by atoms with Gasteiger partial charge < -0.3 is 9.84 Å². The molecule has 108 valence electrons. The minimum Gasteiger partial charge on any atom is -0.339 e. The van der Waals surface area contributed by atoms with Crippen LogP contribution in [0.1, 0.15) is 39.0 Å². The number of pyridine rings is 1. The van der Waals surface area contributed by atoms with E-state index in [1.807, 2.05) is 12.1 Å². The highest BCUT2D eigenvalue weighted by atomic mass is 16.5. The highest BCUT2D eigenvalue weighted by molar-refractivity contribution is 5.51. The van der Waals surface area contributed by atoms with E-state index in [1.54, 1.807) is 12.4 Å². The third kappa shape index (κ3) is 4.13. The van der Waals surface area contributed by atoms with Gasteiger partial charge in [-0.15, -0.1) is 0 Å². The van der Waals surface area contributed by atoms with Gasteiger partial charge in [0.2, 0.25) is 11.7 Å². The first-order valence-corrected chi connectivity index (χ1v) is 7.29. The summed E-state index contributed by atoms with van der Waals surface area (Å²) in [5.74, 6) is 1.30. The Kier molecular flexibility index (Phi) is 5.68. The maximum atomic E-state index is 5.35. The molecular formula is C15H22N4O. The third-order valence-electron chi connectivity index (χ3n) is 3.13. The summed E-state index contributed by atoms with van der Waals surface area (Å²) in [6.07, 6.45) is 7.64. The number of hydrogen-bond acceptors (Lipinski definition) is 5. The zero-order valence-corrected chi connectivity index (χ0v) is 12.2. The second-order valence-corrected chi connectivity index (χ2v) is 4.90. The van der Waals surface area contributed by atoms with E-state index >= 15 is 0 Å². The van der Waals surface area contributed by atoms with Crippen molar-refractivity contribution >= 4 is 0 Å². The van der Waals surface area contributed by atoms with Crippen LogP contribution in [0.5, 0.6) is 0 Å². The maximum Gasteiger partial charge on any atom is 0.228 e. The molecule has 0 amide bonds. The second kappa shape index (κ2) is 7.75. The summed E-state index contributed by atoms with van der Waals surface area (Å²) < 4.78 is 5.35. The molecule has 1 atom stereocenters. The Morgan fingerprint density at radius 1 is 1.30 bits per heavy atom. The summed E-state index contributed by atoms with van der Waals surface area (Å²) in [6, 6.07) is 4.20. The lowest BCUT2D eigenvalue weighted by molar-refractivity contribution is 0.350. The molecule has 5 nitrogen and oxygen atoms in total. The van der Waals surface area contributed by atoms with Crippen molar-refractivity contribution in [1.82, 2.24) is 20.4 Å². The van der Waals surface area contributed by atoms with Crippen LogP contribution in [-0.2, 0) is 6.42 Å². The zero-order chi connectivity index (χ0) is 14.2. The normalized spacial score (nSPS) is 12.5. The molecular weight excluding hydrogens is 252 g/mol. The largest absolute Gasteiger partial charge is 0.339 e. The standard InChI is InChI=1S/C15H22N4O/c1-3-6-13(17-8-4-2)10-14-18-15(19-20-14)12-7-5-9-16-11-12/h5,7,9,11,13,17H,3-4,6,8,10H2,1-2H3. The molecule has 1 unspecified atom stereocenters. The fourth-order valence-electron chi connectivity index (χ4n) is 2.13. The van der Waals surface area contributed by atoms with E-state index in [4.69, 9.17) is 4.52 Å². The molecule has 1 N–H and O–H groups in total. The molecule has 0 aliphatic rings. The Labute approximate surface area is 119 Å². The zero-order valence-electron chi connectivity index (χ0n) is 12.2. The van der Waals surface area contributed by atoms with Gasteiger partial charge in [-0.05, 0) is 31.5 Å². The van der Waals surface area contributed by atoms with Crippen LogP contribution in [0.4, 0.5) is 0 Å². The molecule has 2 rings (SSSR count). The number of nitrogens with zero attached hydrogens (tertiary/aromatic N) is 3. The summed E-state index contributed by atoms with van der Waals surface area (Å²) >= 11 is 0. The smallest absolute Gasteiger partial charge is 0.228 e. The van der Waals surface area contributed by atoms with Gasteiger partial charge in [0.1, 0.15) is 0 Å². The first kappa shape index (κ1) is 14.7. The van der Waals surface area contributed by atoms with Crippen molar-refractivity contribution in [3.63, 3.8) is 0 Å². The number of nitrogens with one attached hydrogen (secondary N) is 1. The highest BCUT2D eigenvalue weighted by Gasteiger charge is 2.14. The van der Waals surface area contributed by atoms with Crippen molar-refractivity contribution in [2.75, 3.05) is 6.54 Å². The van der Waals surface area contributed by atoms with Gasteiger partial charge in [0.15, 0.2) is 0 Å². The van der Waals surface area contributed by atoms with Gasteiger partial charge in [-0.2, -0.15) is 4.98 Å². The molecule has 0 radical (unpaired) electrons. The fraction of sp³-hybridized carbons (Fsp3) is 0.533. The van der Waals surface area contributed by atoms with Crippen molar-refractivity contribution in [3.8, 4) is 11.4 Å². The Morgan fingerprint density at radius 2 is 2.20 bits per heavy atom. The Bertz CT molecular complexity index is 498.